The molecule has 3 fully saturated rings. The van der Waals surface area contributed by atoms with Crippen LogP contribution < -0.4 is 5.32 Å². The first kappa shape index (κ1) is 49.1. The summed E-state index contributed by atoms with van der Waals surface area (Å²) in [6.07, 6.45) is -16.2. The molecule has 60 heavy (non-hydrogen) atoms. The number of ether oxygens (including phenoxy) is 8. The van der Waals surface area contributed by atoms with Crippen molar-refractivity contribution in [3.63, 3.8) is 0 Å². The van der Waals surface area contributed by atoms with Gasteiger partial charge in [0.05, 0.1) is 32.0 Å². The second kappa shape index (κ2) is 23.6. The molecule has 342 valence electrons. The summed E-state index contributed by atoms with van der Waals surface area (Å²) in [5.74, 6) is -3.54. The molecular formula is C35H56N4O21. The van der Waals surface area contributed by atoms with Crippen LogP contribution >= 0.6 is 0 Å². The van der Waals surface area contributed by atoms with Gasteiger partial charge < -0.3 is 94.2 Å². The highest BCUT2D eigenvalue weighted by molar-refractivity contribution is 5.77. The Morgan fingerprint density at radius 2 is 1.23 bits per heavy atom. The van der Waals surface area contributed by atoms with Crippen LogP contribution in [0.25, 0.3) is 0 Å². The maximum absolute atomic E-state index is 12.8. The number of nitrogens with one attached hydrogen (secondary N) is 1. The predicted molar refractivity (Wildman–Crippen MR) is 195 cm³/mol. The van der Waals surface area contributed by atoms with Gasteiger partial charge in [-0.15, -0.1) is 0 Å². The van der Waals surface area contributed by atoms with Crippen LogP contribution in [0.4, 0.5) is 5.95 Å². The minimum absolute atomic E-state index is 0.212. The molecule has 1 amide bonds. The number of hydrogen-bond donors (Lipinski definition) is 9. The van der Waals surface area contributed by atoms with Crippen molar-refractivity contribution in [1.29, 1.82) is 0 Å². The Bertz CT molecular complexity index is 1520. The molecule has 0 spiro atoms. The lowest BCUT2D eigenvalue weighted by Crippen LogP contribution is -2.63. The molecule has 0 aromatic carbocycles. The van der Waals surface area contributed by atoms with E-state index in [9.17, 15) is 55.1 Å². The van der Waals surface area contributed by atoms with Crippen LogP contribution in [0.5, 0.6) is 0 Å². The van der Waals surface area contributed by atoms with E-state index in [0.717, 1.165) is 0 Å². The highest BCUT2D eigenvalue weighted by atomic mass is 16.7. The predicted octanol–water partition coefficient (Wildman–Crippen LogP) is -3.36. The lowest BCUT2D eigenvalue weighted by atomic mass is 9.95. The fourth-order valence-corrected chi connectivity index (χ4v) is 6.98. The van der Waals surface area contributed by atoms with E-state index in [1.807, 2.05) is 0 Å². The van der Waals surface area contributed by atoms with E-state index in [1.54, 1.807) is 6.92 Å². The summed E-state index contributed by atoms with van der Waals surface area (Å²) in [5.41, 5.74) is 0. The number of carbonyl (C=O) groups excluding carboxylic acids is 1. The summed E-state index contributed by atoms with van der Waals surface area (Å²) in [6, 6.07) is 0. The van der Waals surface area contributed by atoms with Crippen molar-refractivity contribution in [2.45, 2.75) is 144 Å². The number of aliphatic hydroxyl groups is 6. The molecule has 25 nitrogen and oxygen atoms in total. The van der Waals surface area contributed by atoms with Gasteiger partial charge in [0.15, 0.2) is 12.6 Å². The van der Waals surface area contributed by atoms with Gasteiger partial charge in [0, 0.05) is 6.54 Å². The summed E-state index contributed by atoms with van der Waals surface area (Å²) in [5, 5.41) is 96.8. The third-order valence-corrected chi connectivity index (χ3v) is 10.2. The molecule has 0 saturated carbocycles. The van der Waals surface area contributed by atoms with E-state index in [4.69, 9.17) is 48.1 Å². The summed E-state index contributed by atoms with van der Waals surface area (Å²) in [7, 11) is 0. The second-order valence-electron chi connectivity index (χ2n) is 14.5. The Morgan fingerprint density at radius 1 is 0.733 bits per heavy atom. The number of carbonyl (C=O) groups is 3. The van der Waals surface area contributed by atoms with Crippen LogP contribution in [0.3, 0.4) is 0 Å². The van der Waals surface area contributed by atoms with Crippen LogP contribution in [0.15, 0.2) is 12.4 Å². The van der Waals surface area contributed by atoms with Crippen LogP contribution in [0.2, 0.25) is 0 Å². The maximum Gasteiger partial charge on any atom is 0.434 e. The molecule has 0 aliphatic carbocycles. The van der Waals surface area contributed by atoms with Gasteiger partial charge in [-0.1, -0.05) is 24.7 Å². The molecule has 3 saturated heterocycles. The van der Waals surface area contributed by atoms with Gasteiger partial charge in [-0.25, -0.2) is 14.2 Å². The lowest BCUT2D eigenvalue weighted by Gasteiger charge is -2.45. The highest BCUT2D eigenvalue weighted by Crippen LogP contribution is 2.30. The highest BCUT2D eigenvalue weighted by Gasteiger charge is 2.50. The molecule has 25 heteroatoms. The zero-order chi connectivity index (χ0) is 44.1. The second-order valence-corrected chi connectivity index (χ2v) is 14.5. The Labute approximate surface area is 343 Å². The molecule has 1 aromatic rings. The van der Waals surface area contributed by atoms with E-state index in [2.05, 4.69) is 10.3 Å². The van der Waals surface area contributed by atoms with Gasteiger partial charge in [0.1, 0.15) is 99.4 Å². The number of nitrogens with zero attached hydrogens (tertiary/aromatic N) is 3. The summed E-state index contributed by atoms with van der Waals surface area (Å²) in [6.45, 7) is 0.363. The van der Waals surface area contributed by atoms with Gasteiger partial charge >= 0.3 is 17.9 Å². The first-order valence-electron chi connectivity index (χ1n) is 19.5. The molecule has 0 radical (unpaired) electrons. The number of carboxylic acids is 2. The normalized spacial score (nSPS) is 34.6. The fourth-order valence-electron chi connectivity index (χ4n) is 6.98. The average Bonchev–Trinajstić information content (AvgIpc) is 3.68. The number of amides is 1. The number of rotatable bonds is 24. The van der Waals surface area contributed by atoms with Gasteiger partial charge in [0.25, 0.3) is 0 Å². The molecule has 9 N–H and O–H groups in total. The standard InChI is InChI=1S/C35H56N4O21/c1-3-18-24(45)28(49)32(55-16-23(43)44)33(59-18)57-13-20-26(47)29(50)31(34(60-20)56-12-19-25(46)27(48)30(17(2)58-19)54-15-22(41)42)53-14-21(40)36-8-6-4-5-7-10-38-11-9-37-35(38)39(51)52/h9,11,17-20,24-34,45-50H,3-8,10,12-16H2,1-2H3,(H,36,40)(H,41,42)(H,43,44)/t17-,18?,19?,20?,24+,25+,26+,27+,28+,29+,30?,31?,32?,33+,34+/m0/s1. The average molecular weight is 869 g/mol. The van der Waals surface area contributed by atoms with Crippen LogP contribution in [-0.4, -0.2) is 205 Å². The molecule has 6 unspecified atom stereocenters. The molecule has 1 aromatic heterocycles. The van der Waals surface area contributed by atoms with Crippen molar-refractivity contribution in [2.75, 3.05) is 39.6 Å². The zero-order valence-electron chi connectivity index (χ0n) is 33.0. The topological polar surface area (TPSA) is 360 Å². The van der Waals surface area contributed by atoms with Crippen LogP contribution in [0, 0.1) is 10.1 Å². The summed E-state index contributed by atoms with van der Waals surface area (Å²) < 4.78 is 46.6. The van der Waals surface area contributed by atoms with E-state index >= 15 is 0 Å². The fraction of sp³-hybridized carbons (Fsp3) is 0.829. The molecule has 4 heterocycles. The number of nitro groups is 1. The van der Waals surface area contributed by atoms with Crippen molar-refractivity contribution in [1.82, 2.24) is 14.9 Å². The van der Waals surface area contributed by atoms with E-state index in [0.29, 0.717) is 32.2 Å². The zero-order valence-corrected chi connectivity index (χ0v) is 33.0. The van der Waals surface area contributed by atoms with Crippen molar-refractivity contribution in [2.24, 2.45) is 0 Å². The maximum atomic E-state index is 12.8. The number of aliphatic hydroxyl groups excluding tert-OH is 6. The number of aromatic nitrogens is 2. The largest absolute Gasteiger partial charge is 0.480 e. The Kier molecular flexibility index (Phi) is 19.3. The first-order chi connectivity index (χ1) is 28.5. The lowest BCUT2D eigenvalue weighted by molar-refractivity contribution is -0.396. The SMILES string of the molecule is CCC1O[C@@H](OCC2O[C@@H](OCC3O[C@@H](C)C(OCC(=O)O)[C@H](O)[C@@H]3O)C(OCC(=O)NCCCCCCn3ccnc3[N+](=O)[O-])[C@H](O)[C@@H]2O)C(OCC(=O)O)[C@H](O)[C@@H]1O. The minimum atomic E-state index is -1.81. The Morgan fingerprint density at radius 3 is 1.80 bits per heavy atom. The monoisotopic (exact) mass is 868 g/mol. The number of unbranched alkanes of at least 4 members (excludes halogenated alkanes) is 3. The number of aryl methyl sites for hydroxylation is 1. The number of hydrogen-bond acceptors (Lipinski definition) is 20. The van der Waals surface area contributed by atoms with Crippen molar-refractivity contribution < 1.29 is 98.1 Å². The number of carboxylic acid groups (broad SMARTS) is 2. The van der Waals surface area contributed by atoms with Crippen LogP contribution in [-0.2, 0) is 58.8 Å². The number of imidazole rings is 1. The van der Waals surface area contributed by atoms with Crippen molar-refractivity contribution in [3.8, 4) is 0 Å². The van der Waals surface area contributed by atoms with Gasteiger partial charge in [-0.05, 0) is 31.1 Å². The molecule has 3 aliphatic heterocycles. The van der Waals surface area contributed by atoms with Gasteiger partial charge in [-0.3, -0.25) is 4.79 Å². The quantitative estimate of drug-likeness (QED) is 0.0278. The summed E-state index contributed by atoms with van der Waals surface area (Å²) >= 11 is 0. The first-order valence-corrected chi connectivity index (χ1v) is 19.5. The Hall–Kier alpha value is -3.54. The smallest absolute Gasteiger partial charge is 0.434 e. The third-order valence-electron chi connectivity index (χ3n) is 10.2. The molecule has 4 rings (SSSR count). The number of aliphatic carboxylic acids is 2. The van der Waals surface area contributed by atoms with Crippen molar-refractivity contribution >= 4 is 23.8 Å². The third kappa shape index (κ3) is 13.5. The van der Waals surface area contributed by atoms with Gasteiger partial charge in [0.2, 0.25) is 5.91 Å². The van der Waals surface area contributed by atoms with E-state index in [-0.39, 0.29) is 18.9 Å². The molecule has 0 bridgehead atoms. The minimum Gasteiger partial charge on any atom is -0.480 e. The molecule has 3 aliphatic rings. The molecule has 15 atom stereocenters. The summed E-state index contributed by atoms with van der Waals surface area (Å²) in [4.78, 5) is 49.1. The molecular weight excluding hydrogens is 812 g/mol. The van der Waals surface area contributed by atoms with Crippen LogP contribution in [0.1, 0.15) is 46.0 Å². The van der Waals surface area contributed by atoms with E-state index < -0.39 is 148 Å². The van der Waals surface area contributed by atoms with Gasteiger partial charge in [-0.2, -0.15) is 0 Å². The van der Waals surface area contributed by atoms with Crippen molar-refractivity contribution in [3.05, 3.63) is 22.5 Å². The van der Waals surface area contributed by atoms with E-state index in [1.165, 1.54) is 23.9 Å². The Balaban J connectivity index is 1.37.